The molecular weight excluding hydrogens is 246 g/mol. The Balaban J connectivity index is 2.51. The Morgan fingerprint density at radius 2 is 1.95 bits per heavy atom. The number of ether oxygens (including phenoxy) is 2. The maximum absolute atomic E-state index is 10.9. The second-order valence-corrected chi connectivity index (χ2v) is 4.43. The summed E-state index contributed by atoms with van der Waals surface area (Å²) in [4.78, 5) is 10.9. The Labute approximate surface area is 113 Å². The molecule has 106 valence electrons. The summed E-state index contributed by atoms with van der Waals surface area (Å²) < 4.78 is 10.9. The lowest BCUT2D eigenvalue weighted by Gasteiger charge is -2.18. The first kappa shape index (κ1) is 15.3. The van der Waals surface area contributed by atoms with E-state index in [9.17, 15) is 4.79 Å². The molecule has 3 N–H and O–H groups in total. The van der Waals surface area contributed by atoms with E-state index in [0.717, 1.165) is 0 Å². The monoisotopic (exact) mass is 267 g/mol. The van der Waals surface area contributed by atoms with Crippen molar-refractivity contribution in [2.75, 3.05) is 13.7 Å². The van der Waals surface area contributed by atoms with Gasteiger partial charge in [0.2, 0.25) is 0 Å². The van der Waals surface area contributed by atoms with Crippen molar-refractivity contribution in [2.24, 2.45) is 11.7 Å². The van der Waals surface area contributed by atoms with Crippen LogP contribution in [0.3, 0.4) is 0 Å². The molecule has 1 aromatic rings. The smallest absolute Gasteiger partial charge is 0.307 e. The van der Waals surface area contributed by atoms with Gasteiger partial charge in [0.15, 0.2) is 11.5 Å². The number of nitrogens with two attached hydrogens (primary N) is 1. The summed E-state index contributed by atoms with van der Waals surface area (Å²) in [6.07, 6.45) is 1.04. The van der Waals surface area contributed by atoms with Crippen LogP contribution in [0.2, 0.25) is 0 Å². The summed E-state index contributed by atoms with van der Waals surface area (Å²) in [5, 5.41) is 8.92. The molecule has 1 aromatic carbocycles. The second kappa shape index (κ2) is 7.63. The van der Waals surface area contributed by atoms with Gasteiger partial charge < -0.3 is 20.3 Å². The maximum atomic E-state index is 10.9. The molecule has 0 spiro atoms. The molecule has 0 fully saturated rings. The fourth-order valence-corrected chi connectivity index (χ4v) is 1.77. The minimum absolute atomic E-state index is 0.0929. The Morgan fingerprint density at radius 3 is 2.47 bits per heavy atom. The van der Waals surface area contributed by atoms with Gasteiger partial charge in [-0.25, -0.2) is 0 Å². The summed E-state index contributed by atoms with van der Waals surface area (Å²) in [5.74, 6) is -0.0317. The molecule has 0 aliphatic heterocycles. The number of methoxy groups -OCH3 is 1. The fourth-order valence-electron chi connectivity index (χ4n) is 1.77. The molecule has 5 heteroatoms. The van der Waals surface area contributed by atoms with Gasteiger partial charge >= 0.3 is 5.97 Å². The first-order valence-corrected chi connectivity index (χ1v) is 6.31. The minimum atomic E-state index is -0.855. The molecule has 2 atom stereocenters. The van der Waals surface area contributed by atoms with Gasteiger partial charge in [-0.05, 0) is 31.9 Å². The van der Waals surface area contributed by atoms with Gasteiger partial charge in [0.05, 0.1) is 19.1 Å². The van der Waals surface area contributed by atoms with E-state index in [1.807, 2.05) is 31.2 Å². The molecular formula is C14H21NO4. The number of carboxylic acid groups (broad SMARTS) is 1. The van der Waals surface area contributed by atoms with Crippen LogP contribution < -0.4 is 15.2 Å². The highest BCUT2D eigenvalue weighted by Crippen LogP contribution is 2.27. The van der Waals surface area contributed by atoms with Crippen LogP contribution in [0.4, 0.5) is 0 Å². The highest BCUT2D eigenvalue weighted by Gasteiger charge is 2.17. The van der Waals surface area contributed by atoms with E-state index in [2.05, 4.69) is 0 Å². The zero-order valence-electron chi connectivity index (χ0n) is 11.3. The fraction of sp³-hybridized carbons (Fsp3) is 0.500. The summed E-state index contributed by atoms with van der Waals surface area (Å²) >= 11 is 0. The number of rotatable bonds is 8. The van der Waals surface area contributed by atoms with Crippen LogP contribution in [0.25, 0.3) is 0 Å². The number of hydrogen-bond donors (Lipinski definition) is 2. The molecule has 0 heterocycles. The Bertz CT molecular complexity index is 408. The third-order valence-electron chi connectivity index (χ3n) is 2.95. The lowest BCUT2D eigenvalue weighted by atomic mass is 10.0. The number of aliphatic carboxylic acids is 1. The molecule has 0 aliphatic carbocycles. The Morgan fingerprint density at radius 1 is 1.32 bits per heavy atom. The van der Waals surface area contributed by atoms with E-state index in [1.165, 1.54) is 0 Å². The molecule has 1 rings (SSSR count). The number of carbonyl (C=O) groups is 1. The first-order chi connectivity index (χ1) is 9.08. The summed E-state index contributed by atoms with van der Waals surface area (Å²) in [6, 6.07) is 7.38. The SMILES string of the molecule is COc1ccccc1OC(C)CCC(CN)C(=O)O. The second-order valence-electron chi connectivity index (χ2n) is 4.43. The third-order valence-corrected chi connectivity index (χ3v) is 2.95. The average molecular weight is 267 g/mol. The van der Waals surface area contributed by atoms with Crippen molar-refractivity contribution in [3.05, 3.63) is 24.3 Å². The number of hydrogen-bond acceptors (Lipinski definition) is 4. The van der Waals surface area contributed by atoms with Crippen molar-refractivity contribution in [2.45, 2.75) is 25.9 Å². The van der Waals surface area contributed by atoms with Gasteiger partial charge in [0.25, 0.3) is 0 Å². The van der Waals surface area contributed by atoms with E-state index in [0.29, 0.717) is 24.3 Å². The minimum Gasteiger partial charge on any atom is -0.493 e. The van der Waals surface area contributed by atoms with Gasteiger partial charge in [-0.3, -0.25) is 4.79 Å². The van der Waals surface area contributed by atoms with E-state index in [-0.39, 0.29) is 12.6 Å². The number of benzene rings is 1. The third kappa shape index (κ3) is 4.79. The largest absolute Gasteiger partial charge is 0.493 e. The lowest BCUT2D eigenvalue weighted by molar-refractivity contribution is -0.141. The molecule has 0 aliphatic rings. The topological polar surface area (TPSA) is 81.8 Å². The van der Waals surface area contributed by atoms with Gasteiger partial charge in [-0.2, -0.15) is 0 Å². The van der Waals surface area contributed by atoms with Crippen LogP contribution >= 0.6 is 0 Å². The van der Waals surface area contributed by atoms with Gasteiger partial charge in [-0.1, -0.05) is 12.1 Å². The maximum Gasteiger partial charge on any atom is 0.307 e. The zero-order chi connectivity index (χ0) is 14.3. The Hall–Kier alpha value is -1.75. The first-order valence-electron chi connectivity index (χ1n) is 6.31. The quantitative estimate of drug-likeness (QED) is 0.751. The zero-order valence-corrected chi connectivity index (χ0v) is 11.3. The number of para-hydroxylation sites is 2. The highest BCUT2D eigenvalue weighted by atomic mass is 16.5. The standard InChI is InChI=1S/C14H21NO4/c1-10(7-8-11(9-15)14(16)17)19-13-6-4-3-5-12(13)18-2/h3-6,10-11H,7-9,15H2,1-2H3,(H,16,17). The van der Waals surface area contributed by atoms with Crippen molar-refractivity contribution in [3.8, 4) is 11.5 Å². The molecule has 0 bridgehead atoms. The van der Waals surface area contributed by atoms with Crippen molar-refractivity contribution in [1.29, 1.82) is 0 Å². The van der Waals surface area contributed by atoms with Gasteiger partial charge in [0, 0.05) is 6.54 Å². The average Bonchev–Trinajstić information content (AvgIpc) is 2.39. The molecule has 0 amide bonds. The van der Waals surface area contributed by atoms with Crippen molar-refractivity contribution < 1.29 is 19.4 Å². The summed E-state index contributed by atoms with van der Waals surface area (Å²) in [5.41, 5.74) is 5.42. The summed E-state index contributed by atoms with van der Waals surface area (Å²) in [6.45, 7) is 2.05. The Kier molecular flexibility index (Phi) is 6.15. The van der Waals surface area contributed by atoms with E-state index in [1.54, 1.807) is 7.11 Å². The van der Waals surface area contributed by atoms with Crippen LogP contribution in [0, 0.1) is 5.92 Å². The molecule has 0 saturated carbocycles. The van der Waals surface area contributed by atoms with Crippen LogP contribution in [-0.2, 0) is 4.79 Å². The molecule has 0 radical (unpaired) electrons. The van der Waals surface area contributed by atoms with E-state index in [4.69, 9.17) is 20.3 Å². The van der Waals surface area contributed by atoms with E-state index >= 15 is 0 Å². The van der Waals surface area contributed by atoms with Gasteiger partial charge in [-0.15, -0.1) is 0 Å². The van der Waals surface area contributed by atoms with Crippen LogP contribution in [0.1, 0.15) is 19.8 Å². The van der Waals surface area contributed by atoms with Crippen LogP contribution in [0.5, 0.6) is 11.5 Å². The predicted octanol–water partition coefficient (Wildman–Crippen LogP) is 1.90. The van der Waals surface area contributed by atoms with Crippen molar-refractivity contribution in [3.63, 3.8) is 0 Å². The highest BCUT2D eigenvalue weighted by molar-refractivity contribution is 5.70. The molecule has 0 saturated heterocycles. The molecule has 5 nitrogen and oxygen atoms in total. The van der Waals surface area contributed by atoms with Gasteiger partial charge in [0.1, 0.15) is 0 Å². The molecule has 2 unspecified atom stereocenters. The van der Waals surface area contributed by atoms with Crippen molar-refractivity contribution >= 4 is 5.97 Å². The lowest BCUT2D eigenvalue weighted by Crippen LogP contribution is -2.25. The van der Waals surface area contributed by atoms with Crippen LogP contribution in [-0.4, -0.2) is 30.8 Å². The normalized spacial score (nSPS) is 13.6. The van der Waals surface area contributed by atoms with Crippen LogP contribution in [0.15, 0.2) is 24.3 Å². The molecule has 19 heavy (non-hydrogen) atoms. The predicted molar refractivity (Wildman–Crippen MR) is 72.5 cm³/mol. The molecule has 0 aromatic heterocycles. The van der Waals surface area contributed by atoms with Crippen molar-refractivity contribution in [1.82, 2.24) is 0 Å². The summed E-state index contributed by atoms with van der Waals surface area (Å²) in [7, 11) is 1.59. The van der Waals surface area contributed by atoms with E-state index < -0.39 is 11.9 Å². The number of carboxylic acids is 1.